The summed E-state index contributed by atoms with van der Waals surface area (Å²) >= 11 is 0. The van der Waals surface area contributed by atoms with Crippen LogP contribution in [0, 0.1) is 11.8 Å². The number of hydrogen-bond donors (Lipinski definition) is 2. The average molecular weight is 284 g/mol. The third kappa shape index (κ3) is 5.71. The topological polar surface area (TPSA) is 49.5 Å². The lowest BCUT2D eigenvalue weighted by Gasteiger charge is -2.39. The zero-order valence-corrected chi connectivity index (χ0v) is 14.0. The Balaban J connectivity index is 2.70. The normalized spacial score (nSPS) is 20.2. The lowest BCUT2D eigenvalue weighted by molar-refractivity contribution is 0.0595. The Labute approximate surface area is 125 Å². The van der Waals surface area contributed by atoms with Crippen molar-refractivity contribution in [2.45, 2.75) is 84.3 Å². The molecule has 2 atom stereocenters. The van der Waals surface area contributed by atoms with Gasteiger partial charge in [0.2, 0.25) is 0 Å². The monoisotopic (exact) mass is 284 g/mol. The van der Waals surface area contributed by atoms with Crippen LogP contribution in [0.1, 0.15) is 66.2 Å². The number of nitrogens with zero attached hydrogens (tertiary/aromatic N) is 1. The molecule has 0 bridgehead atoms. The third-order valence-electron chi connectivity index (χ3n) is 4.61. The Morgan fingerprint density at radius 2 is 1.70 bits per heavy atom. The quantitative estimate of drug-likeness (QED) is 0.684. The molecule has 1 fully saturated rings. The number of hydrogen-bond acceptors (Lipinski definition) is 3. The molecule has 1 rings (SSSR count). The molecule has 20 heavy (non-hydrogen) atoms. The van der Waals surface area contributed by atoms with Gasteiger partial charge in [-0.3, -0.25) is 4.90 Å². The molecule has 0 saturated heterocycles. The summed E-state index contributed by atoms with van der Waals surface area (Å²) in [6, 6.07) is 0.871. The molecule has 3 N–H and O–H groups in total. The van der Waals surface area contributed by atoms with Crippen LogP contribution in [0.5, 0.6) is 0 Å². The summed E-state index contributed by atoms with van der Waals surface area (Å²) in [6.45, 7) is 10.2. The molecule has 0 spiro atoms. The van der Waals surface area contributed by atoms with Gasteiger partial charge in [0.1, 0.15) is 0 Å². The Kier molecular flexibility index (Phi) is 8.08. The van der Waals surface area contributed by atoms with Crippen LogP contribution in [0.4, 0.5) is 0 Å². The fourth-order valence-corrected chi connectivity index (χ4v) is 3.45. The zero-order chi connectivity index (χ0) is 15.1. The summed E-state index contributed by atoms with van der Waals surface area (Å²) in [7, 11) is 0. The molecule has 0 heterocycles. The van der Waals surface area contributed by atoms with E-state index in [2.05, 4.69) is 32.6 Å². The molecule has 3 nitrogen and oxygen atoms in total. The molecule has 0 radical (unpaired) electrons. The van der Waals surface area contributed by atoms with Crippen molar-refractivity contribution in [3.8, 4) is 0 Å². The second-order valence-corrected chi connectivity index (χ2v) is 7.40. The van der Waals surface area contributed by atoms with Gasteiger partial charge in [0.15, 0.2) is 0 Å². The molecule has 0 aromatic rings. The Morgan fingerprint density at radius 1 is 1.10 bits per heavy atom. The van der Waals surface area contributed by atoms with Crippen LogP contribution < -0.4 is 5.73 Å². The van der Waals surface area contributed by atoms with E-state index in [0.717, 1.165) is 13.0 Å². The van der Waals surface area contributed by atoms with E-state index in [1.54, 1.807) is 0 Å². The minimum absolute atomic E-state index is 0.0905. The molecular weight excluding hydrogens is 248 g/mol. The first-order valence-electron chi connectivity index (χ1n) is 8.57. The lowest BCUT2D eigenvalue weighted by Crippen LogP contribution is -2.54. The Hall–Kier alpha value is -0.120. The van der Waals surface area contributed by atoms with Crippen LogP contribution in [0.2, 0.25) is 0 Å². The maximum absolute atomic E-state index is 9.88. The number of aliphatic hydroxyl groups is 1. The van der Waals surface area contributed by atoms with E-state index in [-0.39, 0.29) is 18.7 Å². The maximum Gasteiger partial charge on any atom is 0.0602 e. The number of rotatable bonds is 9. The van der Waals surface area contributed by atoms with Gasteiger partial charge in [-0.2, -0.15) is 0 Å². The van der Waals surface area contributed by atoms with Crippen molar-refractivity contribution < 1.29 is 5.11 Å². The van der Waals surface area contributed by atoms with Crippen molar-refractivity contribution in [3.05, 3.63) is 0 Å². The highest BCUT2D eigenvalue weighted by Gasteiger charge is 2.31. The predicted octanol–water partition coefficient (Wildman–Crippen LogP) is 3.01. The van der Waals surface area contributed by atoms with Gasteiger partial charge in [0, 0.05) is 18.1 Å². The first-order chi connectivity index (χ1) is 9.45. The highest BCUT2D eigenvalue weighted by atomic mass is 16.3. The molecule has 0 aromatic heterocycles. The smallest absolute Gasteiger partial charge is 0.0602 e. The first kappa shape index (κ1) is 17.9. The molecule has 0 aliphatic heterocycles. The summed E-state index contributed by atoms with van der Waals surface area (Å²) < 4.78 is 0. The van der Waals surface area contributed by atoms with Gasteiger partial charge in [-0.05, 0) is 44.1 Å². The van der Waals surface area contributed by atoms with Crippen LogP contribution in [0.25, 0.3) is 0 Å². The van der Waals surface area contributed by atoms with Crippen molar-refractivity contribution in [3.63, 3.8) is 0 Å². The van der Waals surface area contributed by atoms with E-state index >= 15 is 0 Å². The fraction of sp³-hybridized carbons (Fsp3) is 1.00. The van der Waals surface area contributed by atoms with E-state index in [1.165, 1.54) is 32.1 Å². The van der Waals surface area contributed by atoms with Crippen molar-refractivity contribution >= 4 is 0 Å². The molecule has 1 saturated carbocycles. The Morgan fingerprint density at radius 3 is 2.15 bits per heavy atom. The second-order valence-electron chi connectivity index (χ2n) is 7.40. The third-order valence-corrected chi connectivity index (χ3v) is 4.61. The lowest BCUT2D eigenvalue weighted by atomic mass is 9.95. The van der Waals surface area contributed by atoms with Gasteiger partial charge in [-0.25, -0.2) is 0 Å². The summed E-state index contributed by atoms with van der Waals surface area (Å²) in [5.74, 6) is 1.30. The molecule has 1 aliphatic carbocycles. The molecule has 2 unspecified atom stereocenters. The van der Waals surface area contributed by atoms with E-state index < -0.39 is 0 Å². The van der Waals surface area contributed by atoms with Crippen molar-refractivity contribution in [2.24, 2.45) is 17.6 Å². The average Bonchev–Trinajstić information content (AvgIpc) is 2.86. The SMILES string of the molecule is CC(C)CCN(C1CCCC1)C(CO)C(N)CC(C)C. The highest BCUT2D eigenvalue weighted by molar-refractivity contribution is 4.88. The number of nitrogens with two attached hydrogens (primary N) is 1. The zero-order valence-electron chi connectivity index (χ0n) is 14.0. The van der Waals surface area contributed by atoms with Gasteiger partial charge < -0.3 is 10.8 Å². The summed E-state index contributed by atoms with van der Waals surface area (Å²) in [5.41, 5.74) is 6.40. The standard InChI is InChI=1S/C17H36N2O/c1-13(2)9-10-19(15-7-5-6-8-15)17(12-20)16(18)11-14(3)4/h13-17,20H,5-12,18H2,1-4H3. The molecular formula is C17H36N2O. The predicted molar refractivity (Wildman–Crippen MR) is 86.7 cm³/mol. The van der Waals surface area contributed by atoms with Crippen molar-refractivity contribution in [2.75, 3.05) is 13.2 Å². The fourth-order valence-electron chi connectivity index (χ4n) is 3.45. The van der Waals surface area contributed by atoms with Crippen LogP contribution in [0.3, 0.4) is 0 Å². The minimum Gasteiger partial charge on any atom is -0.395 e. The van der Waals surface area contributed by atoms with Crippen molar-refractivity contribution in [1.82, 2.24) is 4.90 Å². The Bertz CT molecular complexity index is 249. The highest BCUT2D eigenvalue weighted by Crippen LogP contribution is 2.27. The van der Waals surface area contributed by atoms with E-state index in [4.69, 9.17) is 5.73 Å². The van der Waals surface area contributed by atoms with E-state index in [1.807, 2.05) is 0 Å². The maximum atomic E-state index is 9.88. The first-order valence-corrected chi connectivity index (χ1v) is 8.57. The van der Waals surface area contributed by atoms with Gasteiger partial charge in [0.05, 0.1) is 6.61 Å². The van der Waals surface area contributed by atoms with E-state index in [0.29, 0.717) is 17.9 Å². The second kappa shape index (κ2) is 9.01. The molecule has 1 aliphatic rings. The van der Waals surface area contributed by atoms with Crippen LogP contribution in [-0.4, -0.2) is 41.3 Å². The van der Waals surface area contributed by atoms with E-state index in [9.17, 15) is 5.11 Å². The summed E-state index contributed by atoms with van der Waals surface area (Å²) in [6.07, 6.45) is 7.42. The molecule has 120 valence electrons. The largest absolute Gasteiger partial charge is 0.395 e. The molecule has 3 heteroatoms. The van der Waals surface area contributed by atoms with Gasteiger partial charge >= 0.3 is 0 Å². The van der Waals surface area contributed by atoms with Crippen LogP contribution in [0.15, 0.2) is 0 Å². The minimum atomic E-state index is 0.0905. The van der Waals surface area contributed by atoms with Crippen LogP contribution >= 0.6 is 0 Å². The number of aliphatic hydroxyl groups excluding tert-OH is 1. The molecule has 0 amide bonds. The molecule has 0 aromatic carbocycles. The summed E-state index contributed by atoms with van der Waals surface area (Å²) in [4.78, 5) is 2.54. The van der Waals surface area contributed by atoms with Gasteiger partial charge in [0.25, 0.3) is 0 Å². The van der Waals surface area contributed by atoms with Gasteiger partial charge in [-0.15, -0.1) is 0 Å². The van der Waals surface area contributed by atoms with Crippen LogP contribution in [-0.2, 0) is 0 Å². The summed E-state index contributed by atoms with van der Waals surface area (Å²) in [5, 5.41) is 9.88. The van der Waals surface area contributed by atoms with Gasteiger partial charge in [-0.1, -0.05) is 40.5 Å². The van der Waals surface area contributed by atoms with Crippen molar-refractivity contribution in [1.29, 1.82) is 0 Å².